The average molecular weight is 210 g/mol. The van der Waals surface area contributed by atoms with Crippen molar-refractivity contribution in [3.8, 4) is 0 Å². The van der Waals surface area contributed by atoms with Crippen LogP contribution in [-0.4, -0.2) is 0 Å². The lowest BCUT2D eigenvalue weighted by atomic mass is 9.94. The van der Waals surface area contributed by atoms with Gasteiger partial charge >= 0.3 is 0 Å². The minimum atomic E-state index is -0.736. The lowest BCUT2D eigenvalue weighted by molar-refractivity contribution is 0.498. The lowest BCUT2D eigenvalue weighted by Crippen LogP contribution is -2.03. The Morgan fingerprint density at radius 2 is 1.67 bits per heavy atom. The van der Waals surface area contributed by atoms with Crippen LogP contribution in [-0.2, 0) is 6.42 Å². The van der Waals surface area contributed by atoms with Crippen LogP contribution in [0.2, 0.25) is 0 Å². The van der Waals surface area contributed by atoms with Crippen LogP contribution >= 0.6 is 0 Å². The van der Waals surface area contributed by atoms with Crippen LogP contribution in [0.15, 0.2) is 6.08 Å². The van der Waals surface area contributed by atoms with E-state index in [4.69, 9.17) is 0 Å². The van der Waals surface area contributed by atoms with Gasteiger partial charge in [0.1, 0.15) is 0 Å². The molecule has 0 aliphatic carbocycles. The molecule has 0 aromatic heterocycles. The minimum Gasteiger partial charge on any atom is -0.203 e. The molecule has 0 saturated heterocycles. The molecule has 0 aliphatic rings. The zero-order valence-electron chi connectivity index (χ0n) is 9.62. The highest BCUT2D eigenvalue weighted by Crippen LogP contribution is 2.26. The van der Waals surface area contributed by atoms with Crippen LogP contribution < -0.4 is 0 Å². The first-order valence-electron chi connectivity index (χ1n) is 5.14. The summed E-state index contributed by atoms with van der Waals surface area (Å²) in [5, 5.41) is 0. The average Bonchev–Trinajstić information content (AvgIpc) is 2.22. The van der Waals surface area contributed by atoms with Crippen LogP contribution in [0.3, 0.4) is 0 Å². The lowest BCUT2D eigenvalue weighted by Gasteiger charge is -2.13. The Hall–Kier alpha value is -1.18. The highest BCUT2D eigenvalue weighted by atomic mass is 19.2. The number of rotatable bonds is 2. The van der Waals surface area contributed by atoms with Gasteiger partial charge in [0.05, 0.1) is 0 Å². The second kappa shape index (κ2) is 4.56. The third kappa shape index (κ3) is 1.94. The zero-order valence-corrected chi connectivity index (χ0v) is 9.62. The van der Waals surface area contributed by atoms with Crippen molar-refractivity contribution in [1.29, 1.82) is 0 Å². The Bertz CT molecular complexity index is 404. The normalized spacial score (nSPS) is 11.3. The molecule has 15 heavy (non-hydrogen) atoms. The van der Waals surface area contributed by atoms with Crippen molar-refractivity contribution >= 4 is 6.08 Å². The molecule has 0 nitrogen and oxygen atoms in total. The molecule has 1 aromatic rings. The molecule has 0 spiro atoms. The molecule has 1 aromatic carbocycles. The van der Waals surface area contributed by atoms with Crippen LogP contribution in [0, 0.1) is 25.5 Å². The monoisotopic (exact) mass is 210 g/mol. The fourth-order valence-electron chi connectivity index (χ4n) is 1.92. The topological polar surface area (TPSA) is 0 Å². The number of allylic oxidation sites excluding steroid dienone is 1. The predicted octanol–water partition coefficient (Wildman–Crippen LogP) is 4.18. The first kappa shape index (κ1) is 11.9. The molecule has 0 radical (unpaired) electrons. The molecule has 0 bridgehead atoms. The third-order valence-electron chi connectivity index (χ3n) is 2.75. The van der Waals surface area contributed by atoms with Crippen molar-refractivity contribution in [2.45, 2.75) is 34.1 Å². The maximum absolute atomic E-state index is 13.6. The van der Waals surface area contributed by atoms with E-state index in [2.05, 4.69) is 0 Å². The summed E-state index contributed by atoms with van der Waals surface area (Å²) in [6, 6.07) is 0. The van der Waals surface area contributed by atoms with Crippen molar-refractivity contribution in [2.24, 2.45) is 0 Å². The molecule has 0 N–H and O–H groups in total. The van der Waals surface area contributed by atoms with E-state index in [9.17, 15) is 8.78 Å². The highest BCUT2D eigenvalue weighted by molar-refractivity contribution is 5.58. The van der Waals surface area contributed by atoms with Gasteiger partial charge in [0, 0.05) is 5.56 Å². The largest absolute Gasteiger partial charge is 0.203 e. The van der Waals surface area contributed by atoms with Gasteiger partial charge in [-0.3, -0.25) is 0 Å². The fraction of sp³-hybridized carbons (Fsp3) is 0.385. The summed E-state index contributed by atoms with van der Waals surface area (Å²) in [4.78, 5) is 0. The second-order valence-electron chi connectivity index (χ2n) is 3.62. The Morgan fingerprint density at radius 1 is 1.07 bits per heavy atom. The number of hydrogen-bond donors (Lipinski definition) is 0. The van der Waals surface area contributed by atoms with E-state index < -0.39 is 11.6 Å². The SMILES string of the molecule is CC=Cc1c(C)c(CC)c(C)c(F)c1F. The van der Waals surface area contributed by atoms with Gasteiger partial charge in [-0.2, -0.15) is 0 Å². The molecule has 1 rings (SSSR count). The quantitative estimate of drug-likeness (QED) is 0.687. The standard InChI is InChI=1S/C13H16F2/c1-5-7-11-8(3)10(6-2)9(4)12(14)13(11)15/h5,7H,6H2,1-4H3. The van der Waals surface area contributed by atoms with Gasteiger partial charge in [-0.1, -0.05) is 19.1 Å². The van der Waals surface area contributed by atoms with E-state index >= 15 is 0 Å². The number of halogens is 2. The summed E-state index contributed by atoms with van der Waals surface area (Å²) in [6.07, 6.45) is 4.06. The minimum absolute atomic E-state index is 0.373. The van der Waals surface area contributed by atoms with Crippen molar-refractivity contribution in [1.82, 2.24) is 0 Å². The zero-order chi connectivity index (χ0) is 11.6. The van der Waals surface area contributed by atoms with Crippen molar-refractivity contribution in [2.75, 3.05) is 0 Å². The van der Waals surface area contributed by atoms with Gasteiger partial charge in [0.2, 0.25) is 0 Å². The van der Waals surface area contributed by atoms with Gasteiger partial charge in [-0.15, -0.1) is 0 Å². The van der Waals surface area contributed by atoms with E-state index in [1.54, 1.807) is 26.0 Å². The van der Waals surface area contributed by atoms with Gasteiger partial charge < -0.3 is 0 Å². The third-order valence-corrected chi connectivity index (χ3v) is 2.75. The van der Waals surface area contributed by atoms with Gasteiger partial charge in [0.15, 0.2) is 11.6 Å². The maximum Gasteiger partial charge on any atom is 0.166 e. The van der Waals surface area contributed by atoms with Crippen molar-refractivity contribution in [3.05, 3.63) is 40.0 Å². The molecule has 0 heterocycles. The van der Waals surface area contributed by atoms with Crippen LogP contribution in [0.1, 0.15) is 36.1 Å². The van der Waals surface area contributed by atoms with E-state index in [1.165, 1.54) is 0 Å². The van der Waals surface area contributed by atoms with E-state index in [-0.39, 0.29) is 0 Å². The Balaban J connectivity index is 3.60. The van der Waals surface area contributed by atoms with Gasteiger partial charge in [-0.05, 0) is 43.9 Å². The van der Waals surface area contributed by atoms with Crippen molar-refractivity contribution in [3.63, 3.8) is 0 Å². The van der Waals surface area contributed by atoms with Crippen LogP contribution in [0.4, 0.5) is 8.78 Å². The fourth-order valence-corrected chi connectivity index (χ4v) is 1.92. The Labute approximate surface area is 89.6 Å². The van der Waals surface area contributed by atoms with E-state index in [1.807, 2.05) is 13.8 Å². The first-order valence-corrected chi connectivity index (χ1v) is 5.14. The smallest absolute Gasteiger partial charge is 0.166 e. The van der Waals surface area contributed by atoms with Gasteiger partial charge in [0.25, 0.3) is 0 Å². The predicted molar refractivity (Wildman–Crippen MR) is 59.9 cm³/mol. The Kier molecular flexibility index (Phi) is 3.61. The maximum atomic E-state index is 13.6. The molecule has 0 fully saturated rings. The molecule has 0 unspecified atom stereocenters. The summed E-state index contributed by atoms with van der Waals surface area (Å²) in [5.74, 6) is -1.45. The number of benzene rings is 1. The number of hydrogen-bond acceptors (Lipinski definition) is 0. The molecule has 0 atom stereocenters. The summed E-state index contributed by atoms with van der Waals surface area (Å²) in [6.45, 7) is 7.21. The highest BCUT2D eigenvalue weighted by Gasteiger charge is 2.16. The summed E-state index contributed by atoms with van der Waals surface area (Å²) in [5.41, 5.74) is 2.55. The summed E-state index contributed by atoms with van der Waals surface area (Å²) < 4.78 is 27.1. The Morgan fingerprint density at radius 3 is 2.13 bits per heavy atom. The molecule has 82 valence electrons. The van der Waals surface area contributed by atoms with Gasteiger partial charge in [-0.25, -0.2) is 8.78 Å². The molecular weight excluding hydrogens is 194 g/mol. The molecule has 0 aliphatic heterocycles. The molecule has 0 amide bonds. The molecular formula is C13H16F2. The van der Waals surface area contributed by atoms with Crippen LogP contribution in [0.5, 0.6) is 0 Å². The molecule has 2 heteroatoms. The van der Waals surface area contributed by atoms with Crippen LogP contribution in [0.25, 0.3) is 6.08 Å². The first-order chi connectivity index (χ1) is 7.04. The van der Waals surface area contributed by atoms with Crippen molar-refractivity contribution < 1.29 is 8.78 Å². The summed E-state index contributed by atoms with van der Waals surface area (Å²) >= 11 is 0. The second-order valence-corrected chi connectivity index (χ2v) is 3.62. The van der Waals surface area contributed by atoms with E-state index in [0.717, 1.165) is 17.5 Å². The molecule has 0 saturated carbocycles. The van der Waals surface area contributed by atoms with E-state index in [0.29, 0.717) is 11.1 Å². The summed E-state index contributed by atoms with van der Waals surface area (Å²) in [7, 11) is 0.